The first-order valence-electron chi connectivity index (χ1n) is 7.04. The zero-order chi connectivity index (χ0) is 16.4. The van der Waals surface area contributed by atoms with Crippen molar-refractivity contribution in [3.63, 3.8) is 0 Å². The van der Waals surface area contributed by atoms with Gasteiger partial charge in [0.2, 0.25) is 0 Å². The number of aliphatic hydroxyl groups is 3. The Labute approximate surface area is 136 Å². The van der Waals surface area contributed by atoms with Gasteiger partial charge in [-0.15, -0.1) is 0 Å². The molecule has 122 valence electrons. The molecule has 2 aromatic rings. The van der Waals surface area contributed by atoms with Gasteiger partial charge in [-0.3, -0.25) is 4.57 Å². The molecule has 3 N–H and O–H groups in total. The molecule has 1 saturated heterocycles. The van der Waals surface area contributed by atoms with Crippen molar-refractivity contribution >= 4 is 11.8 Å². The number of nitrogens with zero attached hydrogens (tertiary/aromatic N) is 2. The van der Waals surface area contributed by atoms with Gasteiger partial charge in [0.15, 0.2) is 6.23 Å². The Morgan fingerprint density at radius 2 is 1.91 bits per heavy atom. The number of hydrogen-bond donors (Lipinski definition) is 3. The molecule has 2 heterocycles. The third kappa shape index (κ3) is 3.31. The zero-order valence-electron chi connectivity index (χ0n) is 12.0. The molecule has 1 aliphatic rings. The summed E-state index contributed by atoms with van der Waals surface area (Å²) in [7, 11) is 0. The second kappa shape index (κ2) is 6.81. The molecule has 1 aromatic carbocycles. The van der Waals surface area contributed by atoms with Gasteiger partial charge in [-0.2, -0.15) is 4.98 Å². The van der Waals surface area contributed by atoms with Crippen LogP contribution in [0.25, 0.3) is 0 Å². The lowest BCUT2D eigenvalue weighted by Crippen LogP contribution is -2.36. The van der Waals surface area contributed by atoms with E-state index in [-0.39, 0.29) is 0 Å². The van der Waals surface area contributed by atoms with Crippen molar-refractivity contribution in [1.82, 2.24) is 9.55 Å². The summed E-state index contributed by atoms with van der Waals surface area (Å²) >= 11 is 1.34. The van der Waals surface area contributed by atoms with Crippen LogP contribution in [0.3, 0.4) is 0 Å². The summed E-state index contributed by atoms with van der Waals surface area (Å²) < 4.78 is 6.44. The van der Waals surface area contributed by atoms with Crippen molar-refractivity contribution in [3.05, 3.63) is 53.1 Å². The highest BCUT2D eigenvalue weighted by Gasteiger charge is 2.43. The molecule has 0 bridgehead atoms. The summed E-state index contributed by atoms with van der Waals surface area (Å²) in [6, 6.07) is 11.1. The Morgan fingerprint density at radius 3 is 2.52 bits per heavy atom. The van der Waals surface area contributed by atoms with E-state index in [1.807, 2.05) is 30.3 Å². The Bertz CT molecular complexity index is 723. The molecule has 7 nitrogen and oxygen atoms in total. The first-order valence-corrected chi connectivity index (χ1v) is 7.86. The van der Waals surface area contributed by atoms with Crippen LogP contribution in [0.1, 0.15) is 6.23 Å². The van der Waals surface area contributed by atoms with Gasteiger partial charge in [0.25, 0.3) is 0 Å². The van der Waals surface area contributed by atoms with E-state index in [0.29, 0.717) is 5.03 Å². The lowest BCUT2D eigenvalue weighted by Gasteiger charge is -2.17. The minimum absolute atomic E-state index is 0.446. The van der Waals surface area contributed by atoms with Crippen molar-refractivity contribution in [1.29, 1.82) is 0 Å². The van der Waals surface area contributed by atoms with Crippen molar-refractivity contribution in [2.24, 2.45) is 0 Å². The van der Waals surface area contributed by atoms with Gasteiger partial charge in [0.05, 0.1) is 6.61 Å². The average Bonchev–Trinajstić information content (AvgIpc) is 2.84. The minimum atomic E-state index is -1.31. The first kappa shape index (κ1) is 16.2. The first-order chi connectivity index (χ1) is 11.1. The van der Waals surface area contributed by atoms with E-state index in [1.165, 1.54) is 18.0 Å². The summed E-state index contributed by atoms with van der Waals surface area (Å²) in [5.41, 5.74) is -0.597. The van der Waals surface area contributed by atoms with Crippen molar-refractivity contribution in [2.45, 2.75) is 34.5 Å². The Kier molecular flexibility index (Phi) is 4.79. The molecule has 23 heavy (non-hydrogen) atoms. The average molecular weight is 336 g/mol. The van der Waals surface area contributed by atoms with Crippen LogP contribution in [0.15, 0.2) is 57.3 Å². The van der Waals surface area contributed by atoms with Crippen molar-refractivity contribution < 1.29 is 20.1 Å². The highest BCUT2D eigenvalue weighted by Crippen LogP contribution is 2.29. The van der Waals surface area contributed by atoms with Crippen LogP contribution >= 0.6 is 11.8 Å². The second-order valence-corrected chi connectivity index (χ2v) is 6.19. The molecule has 0 radical (unpaired) electrons. The second-order valence-electron chi connectivity index (χ2n) is 5.10. The quantitative estimate of drug-likeness (QED) is 0.675. The minimum Gasteiger partial charge on any atom is -0.394 e. The van der Waals surface area contributed by atoms with Gasteiger partial charge in [0, 0.05) is 11.1 Å². The standard InChI is InChI=1S/C15H16N2O5S/c18-8-10-12(19)13(20)14(22-10)17-7-6-11(16-15(17)21)23-9-4-2-1-3-5-9/h1-7,10,12-14,18-20H,8H2/t10-,12+,13+,14-/m0/s1. The summed E-state index contributed by atoms with van der Waals surface area (Å²) in [5.74, 6) is 0. The maximum absolute atomic E-state index is 12.2. The van der Waals surface area contributed by atoms with Gasteiger partial charge in [-0.1, -0.05) is 30.0 Å². The number of hydrogen-bond acceptors (Lipinski definition) is 7. The van der Waals surface area contributed by atoms with Gasteiger partial charge < -0.3 is 20.1 Å². The number of aromatic nitrogens is 2. The van der Waals surface area contributed by atoms with Crippen molar-refractivity contribution in [3.8, 4) is 0 Å². The molecule has 0 amide bonds. The van der Waals surface area contributed by atoms with Gasteiger partial charge in [-0.25, -0.2) is 4.79 Å². The van der Waals surface area contributed by atoms with Crippen LogP contribution in [0.4, 0.5) is 0 Å². The predicted octanol–water partition coefficient (Wildman–Crippen LogP) is 0.00600. The molecule has 3 rings (SSSR count). The Morgan fingerprint density at radius 1 is 1.17 bits per heavy atom. The molecule has 0 spiro atoms. The molecule has 1 aromatic heterocycles. The van der Waals surface area contributed by atoms with Crippen LogP contribution in [0.5, 0.6) is 0 Å². The molecular formula is C15H16N2O5S. The third-order valence-corrected chi connectivity index (χ3v) is 4.51. The fourth-order valence-electron chi connectivity index (χ4n) is 2.37. The van der Waals surface area contributed by atoms with E-state index >= 15 is 0 Å². The summed E-state index contributed by atoms with van der Waals surface area (Å²) in [4.78, 5) is 17.1. The Hall–Kier alpha value is -1.71. The van der Waals surface area contributed by atoms with E-state index in [9.17, 15) is 15.0 Å². The van der Waals surface area contributed by atoms with Crippen LogP contribution in [0.2, 0.25) is 0 Å². The SMILES string of the molecule is O=c1nc(Sc2ccccc2)ccn1[C@H]1O[C@@H](CO)[C@@H](O)[C@H]1O. The van der Waals surface area contributed by atoms with E-state index in [1.54, 1.807) is 6.07 Å². The number of benzene rings is 1. The van der Waals surface area contributed by atoms with Crippen molar-refractivity contribution in [2.75, 3.05) is 6.61 Å². The molecule has 1 fully saturated rings. The number of rotatable bonds is 4. The summed E-state index contributed by atoms with van der Waals surface area (Å²) in [5, 5.41) is 29.3. The van der Waals surface area contributed by atoms with E-state index in [4.69, 9.17) is 9.84 Å². The number of ether oxygens (including phenoxy) is 1. The molecule has 1 aliphatic heterocycles. The highest BCUT2D eigenvalue weighted by molar-refractivity contribution is 7.99. The predicted molar refractivity (Wildman–Crippen MR) is 82.1 cm³/mol. The molecule has 0 saturated carbocycles. The van der Waals surface area contributed by atoms with E-state index in [2.05, 4.69) is 4.98 Å². The lowest BCUT2D eigenvalue weighted by atomic mass is 10.1. The molecule has 0 unspecified atom stereocenters. The van der Waals surface area contributed by atoms with Gasteiger partial charge >= 0.3 is 5.69 Å². The smallest absolute Gasteiger partial charge is 0.350 e. The van der Waals surface area contributed by atoms with Crippen LogP contribution in [-0.2, 0) is 4.74 Å². The monoisotopic (exact) mass is 336 g/mol. The molecule has 8 heteroatoms. The van der Waals surface area contributed by atoms with Gasteiger partial charge in [-0.05, 0) is 18.2 Å². The lowest BCUT2D eigenvalue weighted by molar-refractivity contribution is -0.0551. The van der Waals surface area contributed by atoms with E-state index in [0.717, 1.165) is 9.46 Å². The third-order valence-electron chi connectivity index (χ3n) is 3.56. The zero-order valence-corrected chi connectivity index (χ0v) is 12.8. The van der Waals surface area contributed by atoms with Gasteiger partial charge in [0.1, 0.15) is 23.3 Å². The topological polar surface area (TPSA) is 105 Å². The molecule has 0 aliphatic carbocycles. The highest BCUT2D eigenvalue weighted by atomic mass is 32.2. The maximum atomic E-state index is 12.2. The van der Waals surface area contributed by atoms with Crippen LogP contribution in [0, 0.1) is 0 Å². The molecular weight excluding hydrogens is 320 g/mol. The van der Waals surface area contributed by atoms with E-state index < -0.39 is 36.8 Å². The van der Waals surface area contributed by atoms with Crippen LogP contribution in [-0.4, -0.2) is 49.8 Å². The largest absolute Gasteiger partial charge is 0.394 e. The number of aliphatic hydroxyl groups excluding tert-OH is 3. The molecule has 4 atom stereocenters. The van der Waals surface area contributed by atoms with Crippen LogP contribution < -0.4 is 5.69 Å². The summed E-state index contributed by atoms with van der Waals surface area (Å²) in [6.45, 7) is -0.446. The maximum Gasteiger partial charge on any atom is 0.350 e. The fraction of sp³-hybridized carbons (Fsp3) is 0.333. The normalized spacial score (nSPS) is 27.3. The Balaban J connectivity index is 1.82. The fourth-order valence-corrected chi connectivity index (χ4v) is 3.15. The summed E-state index contributed by atoms with van der Waals surface area (Å²) in [6.07, 6.45) is -3.10.